The summed E-state index contributed by atoms with van der Waals surface area (Å²) in [6, 6.07) is 7.95. The van der Waals surface area contributed by atoms with Gasteiger partial charge in [0, 0.05) is 6.54 Å². The maximum Gasteiger partial charge on any atom is 0.188 e. The number of benzene rings is 1. The smallest absolute Gasteiger partial charge is 0.188 e. The Kier molecular flexibility index (Phi) is 3.67. The Labute approximate surface area is 107 Å². The third-order valence-electron chi connectivity index (χ3n) is 3.27. The van der Waals surface area contributed by atoms with Gasteiger partial charge in [0.25, 0.3) is 0 Å². The third kappa shape index (κ3) is 2.54. The van der Waals surface area contributed by atoms with E-state index >= 15 is 0 Å². The van der Waals surface area contributed by atoms with Gasteiger partial charge in [-0.3, -0.25) is 4.99 Å². The number of hydrogen-bond acceptors (Lipinski definition) is 2. The van der Waals surface area contributed by atoms with Gasteiger partial charge in [-0.25, -0.2) is 0 Å². The van der Waals surface area contributed by atoms with Crippen molar-refractivity contribution in [2.75, 3.05) is 13.1 Å². The van der Waals surface area contributed by atoms with Gasteiger partial charge in [-0.1, -0.05) is 30.3 Å². The highest BCUT2D eigenvalue weighted by molar-refractivity contribution is 5.78. The number of nitrogens with zero attached hydrogens (tertiary/aromatic N) is 1. The predicted molar refractivity (Wildman–Crippen MR) is 73.3 cm³/mol. The molecule has 0 spiro atoms. The van der Waals surface area contributed by atoms with Crippen LogP contribution in [0.15, 0.2) is 41.9 Å². The molecule has 4 N–H and O–H groups in total. The molecular weight excluding hydrogens is 226 g/mol. The minimum absolute atomic E-state index is 0.292. The van der Waals surface area contributed by atoms with E-state index in [0.29, 0.717) is 25.5 Å². The van der Waals surface area contributed by atoms with Crippen LogP contribution in [0.25, 0.3) is 0 Å². The molecule has 0 radical (unpaired) electrons. The fourth-order valence-electron chi connectivity index (χ4n) is 2.28. The molecule has 0 saturated carbocycles. The lowest BCUT2D eigenvalue weighted by atomic mass is 9.96. The molecule has 0 aliphatic heterocycles. The van der Waals surface area contributed by atoms with E-state index in [-0.39, 0.29) is 0 Å². The number of hydrogen-bond donors (Lipinski definition) is 3. The number of nitrogens with two attached hydrogens (primary N) is 1. The van der Waals surface area contributed by atoms with Crippen molar-refractivity contribution in [3.05, 3.63) is 48.0 Å². The summed E-state index contributed by atoms with van der Waals surface area (Å²) < 4.78 is 0. The predicted octanol–water partition coefficient (Wildman–Crippen LogP) is 0.911. The van der Waals surface area contributed by atoms with Crippen LogP contribution in [0.5, 0.6) is 0 Å². The van der Waals surface area contributed by atoms with Crippen molar-refractivity contribution in [1.82, 2.24) is 5.32 Å². The minimum Gasteiger partial charge on any atom is -0.383 e. The van der Waals surface area contributed by atoms with Crippen LogP contribution in [0.4, 0.5) is 0 Å². The van der Waals surface area contributed by atoms with Crippen molar-refractivity contribution in [2.24, 2.45) is 10.7 Å². The maximum absolute atomic E-state index is 10.6. The summed E-state index contributed by atoms with van der Waals surface area (Å²) in [6.07, 6.45) is 3.30. The van der Waals surface area contributed by atoms with E-state index in [1.165, 1.54) is 5.56 Å². The number of aryl methyl sites for hydroxylation is 1. The molecule has 0 amide bonds. The van der Waals surface area contributed by atoms with Crippen LogP contribution in [-0.2, 0) is 12.0 Å². The number of rotatable bonds is 4. The summed E-state index contributed by atoms with van der Waals surface area (Å²) >= 11 is 0. The summed E-state index contributed by atoms with van der Waals surface area (Å²) in [4.78, 5) is 4.20. The molecule has 1 unspecified atom stereocenters. The van der Waals surface area contributed by atoms with Gasteiger partial charge < -0.3 is 16.2 Å². The second kappa shape index (κ2) is 5.23. The highest BCUT2D eigenvalue weighted by atomic mass is 16.3. The van der Waals surface area contributed by atoms with E-state index in [1.54, 1.807) is 6.08 Å². The van der Waals surface area contributed by atoms with Gasteiger partial charge in [0.15, 0.2) is 5.96 Å². The first-order chi connectivity index (χ1) is 8.65. The normalized spacial score (nSPS) is 22.6. The van der Waals surface area contributed by atoms with Gasteiger partial charge >= 0.3 is 0 Å². The largest absolute Gasteiger partial charge is 0.383 e. The van der Waals surface area contributed by atoms with Crippen molar-refractivity contribution in [3.63, 3.8) is 0 Å². The van der Waals surface area contributed by atoms with Gasteiger partial charge in [0.2, 0.25) is 0 Å². The first kappa shape index (κ1) is 12.6. The summed E-state index contributed by atoms with van der Waals surface area (Å²) in [7, 11) is 0. The highest BCUT2D eigenvalue weighted by Gasteiger charge is 2.36. The molecule has 1 aromatic carbocycles. The SMILES string of the molecule is C=CCNC(N)=NCC1(O)CCc2ccccc21. The van der Waals surface area contributed by atoms with Gasteiger partial charge in [-0.15, -0.1) is 6.58 Å². The van der Waals surface area contributed by atoms with E-state index in [0.717, 1.165) is 12.0 Å². The summed E-state index contributed by atoms with van der Waals surface area (Å²) in [6.45, 7) is 4.46. The molecule has 0 saturated heterocycles. The zero-order chi connectivity index (χ0) is 13.0. The Bertz CT molecular complexity index is 470. The fourth-order valence-corrected chi connectivity index (χ4v) is 2.28. The molecule has 1 aliphatic carbocycles. The Hall–Kier alpha value is -1.81. The van der Waals surface area contributed by atoms with E-state index in [4.69, 9.17) is 5.73 Å². The highest BCUT2D eigenvalue weighted by Crippen LogP contribution is 2.36. The van der Waals surface area contributed by atoms with Gasteiger partial charge in [0.05, 0.1) is 6.54 Å². The van der Waals surface area contributed by atoms with Gasteiger partial charge in [0.1, 0.15) is 5.60 Å². The molecule has 0 aromatic heterocycles. The van der Waals surface area contributed by atoms with Crippen LogP contribution < -0.4 is 11.1 Å². The standard InChI is InChI=1S/C14H19N3O/c1-2-9-16-13(15)17-10-14(18)8-7-11-5-3-4-6-12(11)14/h2-6,18H,1,7-10H2,(H3,15,16,17). The number of guanidine groups is 1. The Morgan fingerprint density at radius 1 is 1.56 bits per heavy atom. The monoisotopic (exact) mass is 245 g/mol. The van der Waals surface area contributed by atoms with Crippen LogP contribution in [0, 0.1) is 0 Å². The van der Waals surface area contributed by atoms with Gasteiger partial charge in [-0.05, 0) is 24.0 Å². The molecule has 4 heteroatoms. The van der Waals surface area contributed by atoms with Crippen LogP contribution in [0.1, 0.15) is 17.5 Å². The average molecular weight is 245 g/mol. The lowest BCUT2D eigenvalue weighted by Gasteiger charge is -2.21. The summed E-state index contributed by atoms with van der Waals surface area (Å²) in [5.41, 5.74) is 7.00. The van der Waals surface area contributed by atoms with Crippen LogP contribution in [0.3, 0.4) is 0 Å². The number of nitrogens with one attached hydrogen (secondary N) is 1. The molecule has 2 rings (SSSR count). The van der Waals surface area contributed by atoms with E-state index in [9.17, 15) is 5.11 Å². The van der Waals surface area contributed by atoms with Crippen LogP contribution >= 0.6 is 0 Å². The number of aliphatic imine (C=N–C) groups is 1. The number of aliphatic hydroxyl groups is 1. The minimum atomic E-state index is -0.878. The summed E-state index contributed by atoms with van der Waals surface area (Å²) in [5, 5.41) is 13.5. The molecule has 1 atom stereocenters. The van der Waals surface area contributed by atoms with Crippen LogP contribution in [-0.4, -0.2) is 24.2 Å². The molecule has 0 fully saturated rings. The van der Waals surface area contributed by atoms with E-state index < -0.39 is 5.60 Å². The Balaban J connectivity index is 2.08. The van der Waals surface area contributed by atoms with E-state index in [1.807, 2.05) is 18.2 Å². The molecule has 4 nitrogen and oxygen atoms in total. The van der Waals surface area contributed by atoms with Crippen molar-refractivity contribution in [2.45, 2.75) is 18.4 Å². The molecule has 0 heterocycles. The second-order valence-electron chi connectivity index (χ2n) is 4.56. The average Bonchev–Trinajstić information content (AvgIpc) is 2.73. The van der Waals surface area contributed by atoms with E-state index in [2.05, 4.69) is 23.0 Å². The number of fused-ring (bicyclic) bond motifs is 1. The van der Waals surface area contributed by atoms with Crippen molar-refractivity contribution in [3.8, 4) is 0 Å². The zero-order valence-electron chi connectivity index (χ0n) is 10.4. The molecular formula is C14H19N3O. The maximum atomic E-state index is 10.6. The molecule has 0 bridgehead atoms. The van der Waals surface area contributed by atoms with Crippen LogP contribution in [0.2, 0.25) is 0 Å². The molecule has 1 aromatic rings. The quantitative estimate of drug-likeness (QED) is 0.419. The first-order valence-corrected chi connectivity index (χ1v) is 6.11. The fraction of sp³-hybridized carbons (Fsp3) is 0.357. The Morgan fingerprint density at radius 2 is 2.33 bits per heavy atom. The Morgan fingerprint density at radius 3 is 3.11 bits per heavy atom. The molecule has 1 aliphatic rings. The molecule has 96 valence electrons. The topological polar surface area (TPSA) is 70.6 Å². The summed E-state index contributed by atoms with van der Waals surface area (Å²) in [5.74, 6) is 0.340. The van der Waals surface area contributed by atoms with Crippen molar-refractivity contribution in [1.29, 1.82) is 0 Å². The second-order valence-corrected chi connectivity index (χ2v) is 4.56. The first-order valence-electron chi connectivity index (χ1n) is 6.11. The zero-order valence-corrected chi connectivity index (χ0v) is 10.4. The van der Waals surface area contributed by atoms with Crippen molar-refractivity contribution < 1.29 is 5.11 Å². The molecule has 18 heavy (non-hydrogen) atoms. The lowest BCUT2D eigenvalue weighted by Crippen LogP contribution is -2.34. The van der Waals surface area contributed by atoms with Gasteiger partial charge in [-0.2, -0.15) is 0 Å². The lowest BCUT2D eigenvalue weighted by molar-refractivity contribution is 0.0486. The van der Waals surface area contributed by atoms with Crippen molar-refractivity contribution >= 4 is 5.96 Å². The third-order valence-corrected chi connectivity index (χ3v) is 3.27.